The first-order valence-electron chi connectivity index (χ1n) is 5.41. The standard InChI is InChI=1S/C10H12N2O3Se2/c1-5-3-12(10(14)11-9(5)13)8-2-7-6(15-8)4-16-17-7/h3,6-8H,2,4H2,1H3,(H,11,13,14)/t6-,7-,8-/m1/s1. The summed E-state index contributed by atoms with van der Waals surface area (Å²) in [5.41, 5.74) is -0.111. The van der Waals surface area contributed by atoms with E-state index in [0.29, 0.717) is 29.6 Å². The fourth-order valence-corrected chi connectivity index (χ4v) is 11.7. The fourth-order valence-electron chi connectivity index (χ4n) is 2.12. The second kappa shape index (κ2) is 4.41. The molecule has 0 spiro atoms. The number of rotatable bonds is 1. The number of hydrogen-bond donors (Lipinski definition) is 1. The first kappa shape index (κ1) is 11.8. The van der Waals surface area contributed by atoms with Crippen LogP contribution in [0.2, 0.25) is 10.1 Å². The van der Waals surface area contributed by atoms with E-state index in [1.807, 2.05) is 0 Å². The number of aryl methyl sites for hydroxylation is 1. The SMILES string of the molecule is Cc1cn([C@H]2C[C@H]3[Se][Se]C[C@H]3O2)c(=O)[nH]c1=O. The number of H-pyrrole nitrogens is 1. The van der Waals surface area contributed by atoms with Gasteiger partial charge in [0.2, 0.25) is 0 Å². The van der Waals surface area contributed by atoms with Crippen molar-refractivity contribution in [2.24, 2.45) is 0 Å². The van der Waals surface area contributed by atoms with Gasteiger partial charge in [0.15, 0.2) is 0 Å². The topological polar surface area (TPSA) is 64.1 Å². The molecular weight excluding hydrogens is 354 g/mol. The van der Waals surface area contributed by atoms with Crippen molar-refractivity contribution >= 4 is 26.3 Å². The van der Waals surface area contributed by atoms with Crippen LogP contribution in [0.1, 0.15) is 18.2 Å². The van der Waals surface area contributed by atoms with Crippen molar-refractivity contribution in [3.8, 4) is 0 Å². The molecule has 0 unspecified atom stereocenters. The van der Waals surface area contributed by atoms with Crippen LogP contribution in [0.4, 0.5) is 0 Å². The molecule has 2 fully saturated rings. The van der Waals surface area contributed by atoms with Crippen molar-refractivity contribution in [3.63, 3.8) is 0 Å². The molecule has 0 amide bonds. The maximum atomic E-state index is 11.7. The average Bonchev–Trinajstić information content (AvgIpc) is 2.83. The molecular formula is C10H12N2O3Se2. The summed E-state index contributed by atoms with van der Waals surface area (Å²) in [5.74, 6) is 0. The summed E-state index contributed by atoms with van der Waals surface area (Å²) in [6.07, 6.45) is 2.73. The quantitative estimate of drug-likeness (QED) is 0.693. The van der Waals surface area contributed by atoms with Crippen molar-refractivity contribution in [2.75, 3.05) is 0 Å². The van der Waals surface area contributed by atoms with Crippen molar-refractivity contribution in [2.45, 2.75) is 35.8 Å². The molecule has 7 heteroatoms. The number of aromatic amines is 1. The Morgan fingerprint density at radius 2 is 2.35 bits per heavy atom. The van der Waals surface area contributed by atoms with Crippen molar-refractivity contribution in [1.29, 1.82) is 0 Å². The zero-order chi connectivity index (χ0) is 12.0. The van der Waals surface area contributed by atoms with Crippen LogP contribution in [0.15, 0.2) is 15.8 Å². The normalized spacial score (nSPS) is 31.7. The Hall–Kier alpha value is -0.321. The van der Waals surface area contributed by atoms with Crippen LogP contribution < -0.4 is 11.2 Å². The van der Waals surface area contributed by atoms with Gasteiger partial charge in [-0.05, 0) is 0 Å². The summed E-state index contributed by atoms with van der Waals surface area (Å²) >= 11 is 1.49. The van der Waals surface area contributed by atoms with Crippen molar-refractivity contribution < 1.29 is 4.74 Å². The molecule has 2 aliphatic rings. The van der Waals surface area contributed by atoms with Gasteiger partial charge in [0.25, 0.3) is 0 Å². The van der Waals surface area contributed by atoms with Gasteiger partial charge < -0.3 is 0 Å². The van der Waals surface area contributed by atoms with E-state index in [-0.39, 0.29) is 17.5 Å². The average molecular weight is 366 g/mol. The molecule has 0 aromatic carbocycles. The molecule has 1 aromatic heterocycles. The molecule has 3 atom stereocenters. The number of nitrogens with zero attached hydrogens (tertiary/aromatic N) is 1. The van der Waals surface area contributed by atoms with Gasteiger partial charge in [-0.3, -0.25) is 0 Å². The van der Waals surface area contributed by atoms with Gasteiger partial charge in [-0.15, -0.1) is 0 Å². The molecule has 0 aliphatic carbocycles. The third-order valence-corrected chi connectivity index (χ3v) is 11.5. The Bertz CT molecular complexity index is 541. The van der Waals surface area contributed by atoms with E-state index in [2.05, 4.69) is 4.98 Å². The van der Waals surface area contributed by atoms with E-state index in [1.165, 1.54) is 9.89 Å². The van der Waals surface area contributed by atoms with Crippen molar-refractivity contribution in [1.82, 2.24) is 9.55 Å². The summed E-state index contributed by atoms with van der Waals surface area (Å²) in [6.45, 7) is 1.71. The van der Waals surface area contributed by atoms with E-state index in [1.54, 1.807) is 13.1 Å². The molecule has 3 heterocycles. The summed E-state index contributed by atoms with van der Waals surface area (Å²) < 4.78 is 7.46. The van der Waals surface area contributed by atoms with Crippen LogP contribution in [-0.4, -0.2) is 41.9 Å². The number of nitrogens with one attached hydrogen (secondary N) is 1. The van der Waals surface area contributed by atoms with Crippen LogP contribution in [-0.2, 0) is 4.74 Å². The predicted molar refractivity (Wildman–Crippen MR) is 64.7 cm³/mol. The van der Waals surface area contributed by atoms with E-state index < -0.39 is 0 Å². The molecule has 2 aliphatic heterocycles. The second-order valence-electron chi connectivity index (χ2n) is 4.26. The molecule has 0 saturated carbocycles. The molecule has 0 bridgehead atoms. The first-order valence-corrected chi connectivity index (χ1v) is 11.9. The minimum absolute atomic E-state index is 0.175. The number of ether oxygens (including phenoxy) is 1. The summed E-state index contributed by atoms with van der Waals surface area (Å²) in [7, 11) is 0. The Labute approximate surface area is 109 Å². The predicted octanol–water partition coefficient (Wildman–Crippen LogP) is -0.324. The molecule has 3 rings (SSSR count). The first-order chi connectivity index (χ1) is 8.15. The molecule has 92 valence electrons. The second-order valence-corrected chi connectivity index (χ2v) is 11.8. The zero-order valence-corrected chi connectivity index (χ0v) is 12.6. The van der Waals surface area contributed by atoms with Crippen LogP contribution in [0, 0.1) is 6.92 Å². The van der Waals surface area contributed by atoms with Gasteiger partial charge in [-0.1, -0.05) is 0 Å². The summed E-state index contributed by atoms with van der Waals surface area (Å²) in [5, 5.41) is 1.19. The zero-order valence-electron chi connectivity index (χ0n) is 9.21. The fraction of sp³-hybridized carbons (Fsp3) is 0.600. The Balaban J connectivity index is 1.93. The molecule has 17 heavy (non-hydrogen) atoms. The Morgan fingerprint density at radius 1 is 1.53 bits per heavy atom. The summed E-state index contributed by atoms with van der Waals surface area (Å²) in [6, 6.07) is 0. The molecule has 0 radical (unpaired) electrons. The van der Waals surface area contributed by atoms with Gasteiger partial charge in [0.1, 0.15) is 0 Å². The molecule has 1 aromatic rings. The molecule has 5 nitrogen and oxygen atoms in total. The number of aromatic nitrogens is 2. The van der Waals surface area contributed by atoms with Crippen LogP contribution in [0.3, 0.4) is 0 Å². The number of fused-ring (bicyclic) bond motifs is 1. The van der Waals surface area contributed by atoms with E-state index >= 15 is 0 Å². The van der Waals surface area contributed by atoms with E-state index in [9.17, 15) is 9.59 Å². The van der Waals surface area contributed by atoms with Crippen molar-refractivity contribution in [3.05, 3.63) is 32.6 Å². The monoisotopic (exact) mass is 368 g/mol. The maximum absolute atomic E-state index is 11.7. The van der Waals surface area contributed by atoms with Gasteiger partial charge in [0, 0.05) is 0 Å². The van der Waals surface area contributed by atoms with E-state index in [4.69, 9.17) is 4.74 Å². The third-order valence-electron chi connectivity index (χ3n) is 3.06. The van der Waals surface area contributed by atoms with Gasteiger partial charge >= 0.3 is 109 Å². The Kier molecular flexibility index (Phi) is 3.05. The molecule has 1 N–H and O–H groups in total. The van der Waals surface area contributed by atoms with Crippen LogP contribution in [0.25, 0.3) is 0 Å². The van der Waals surface area contributed by atoms with Crippen LogP contribution in [0.5, 0.6) is 0 Å². The van der Waals surface area contributed by atoms with Gasteiger partial charge in [-0.2, -0.15) is 0 Å². The Morgan fingerprint density at radius 3 is 3.12 bits per heavy atom. The van der Waals surface area contributed by atoms with Gasteiger partial charge in [0.05, 0.1) is 0 Å². The number of hydrogen-bond acceptors (Lipinski definition) is 3. The molecule has 2 saturated heterocycles. The van der Waals surface area contributed by atoms with E-state index in [0.717, 1.165) is 19.6 Å². The van der Waals surface area contributed by atoms with Crippen LogP contribution >= 0.6 is 0 Å². The van der Waals surface area contributed by atoms with Gasteiger partial charge in [-0.25, -0.2) is 0 Å². The summed E-state index contributed by atoms with van der Waals surface area (Å²) in [4.78, 5) is 26.0. The minimum atomic E-state index is -0.358. The third kappa shape index (κ3) is 2.07.